The minimum atomic E-state index is -0.452. The number of pyridine rings is 1. The van der Waals surface area contributed by atoms with Crippen molar-refractivity contribution >= 4 is 16.8 Å². The van der Waals surface area contributed by atoms with E-state index >= 15 is 0 Å². The topological polar surface area (TPSA) is 74.0 Å². The number of fused-ring (bicyclic) bond motifs is 1. The molecule has 1 saturated heterocycles. The zero-order chi connectivity index (χ0) is 14.8. The maximum absolute atomic E-state index is 13.2. The van der Waals surface area contributed by atoms with E-state index in [9.17, 15) is 14.0 Å². The third kappa shape index (κ3) is 2.95. The van der Waals surface area contributed by atoms with E-state index in [1.54, 1.807) is 0 Å². The van der Waals surface area contributed by atoms with E-state index in [1.165, 1.54) is 24.3 Å². The molecule has 1 aromatic heterocycles. The van der Waals surface area contributed by atoms with Crippen LogP contribution in [0, 0.1) is 5.82 Å². The van der Waals surface area contributed by atoms with E-state index in [2.05, 4.69) is 15.6 Å². The van der Waals surface area contributed by atoms with E-state index in [-0.39, 0.29) is 17.5 Å². The molecule has 3 N–H and O–H groups in total. The van der Waals surface area contributed by atoms with Crippen LogP contribution in [-0.4, -0.2) is 30.0 Å². The van der Waals surface area contributed by atoms with Gasteiger partial charge in [-0.2, -0.15) is 0 Å². The molecule has 1 amide bonds. The fourth-order valence-corrected chi connectivity index (χ4v) is 2.66. The quantitative estimate of drug-likeness (QED) is 0.776. The van der Waals surface area contributed by atoms with Gasteiger partial charge in [0.15, 0.2) is 0 Å². The zero-order valence-corrected chi connectivity index (χ0v) is 11.4. The highest BCUT2D eigenvalue weighted by Gasteiger charge is 2.18. The van der Waals surface area contributed by atoms with E-state index in [1.807, 2.05) is 0 Å². The van der Waals surface area contributed by atoms with Gasteiger partial charge in [0.05, 0.1) is 11.1 Å². The summed E-state index contributed by atoms with van der Waals surface area (Å²) in [6, 6.07) is 5.32. The number of carbonyl (C=O) groups is 1. The fourth-order valence-electron chi connectivity index (χ4n) is 2.66. The average molecular weight is 289 g/mol. The Morgan fingerprint density at radius 2 is 2.19 bits per heavy atom. The Labute approximate surface area is 120 Å². The van der Waals surface area contributed by atoms with Crippen LogP contribution in [0.5, 0.6) is 0 Å². The Morgan fingerprint density at radius 1 is 1.33 bits per heavy atom. The van der Waals surface area contributed by atoms with Crippen LogP contribution in [0.3, 0.4) is 0 Å². The van der Waals surface area contributed by atoms with Crippen molar-refractivity contribution in [2.45, 2.75) is 18.9 Å². The van der Waals surface area contributed by atoms with E-state index in [0.29, 0.717) is 10.9 Å². The summed E-state index contributed by atoms with van der Waals surface area (Å²) in [5.74, 6) is -0.751. The number of halogens is 1. The highest BCUT2D eigenvalue weighted by molar-refractivity contribution is 6.06. The van der Waals surface area contributed by atoms with Gasteiger partial charge in [0.25, 0.3) is 5.91 Å². The van der Waals surface area contributed by atoms with E-state index < -0.39 is 11.4 Å². The van der Waals surface area contributed by atoms with Crippen LogP contribution in [0.2, 0.25) is 0 Å². The summed E-state index contributed by atoms with van der Waals surface area (Å²) in [4.78, 5) is 26.6. The fraction of sp³-hybridized carbons (Fsp3) is 0.333. The number of rotatable bonds is 2. The first-order chi connectivity index (χ1) is 10.1. The van der Waals surface area contributed by atoms with Crippen LogP contribution in [0.1, 0.15) is 23.2 Å². The number of hydrogen-bond acceptors (Lipinski definition) is 3. The maximum atomic E-state index is 13.2. The molecular formula is C15H16FN3O2. The van der Waals surface area contributed by atoms with Gasteiger partial charge in [-0.3, -0.25) is 9.59 Å². The SMILES string of the molecule is O=C(NC1CCCNC1)c1cc(=O)[nH]c2cc(F)ccc12. The third-order valence-corrected chi connectivity index (χ3v) is 3.68. The molecule has 110 valence electrons. The molecule has 6 heteroatoms. The summed E-state index contributed by atoms with van der Waals surface area (Å²) < 4.78 is 13.2. The lowest BCUT2D eigenvalue weighted by Crippen LogP contribution is -2.45. The predicted molar refractivity (Wildman–Crippen MR) is 77.9 cm³/mol. The molecule has 0 radical (unpaired) electrons. The number of carbonyl (C=O) groups excluding carboxylic acids is 1. The maximum Gasteiger partial charge on any atom is 0.252 e. The Morgan fingerprint density at radius 3 is 2.95 bits per heavy atom. The third-order valence-electron chi connectivity index (χ3n) is 3.68. The van der Waals surface area contributed by atoms with Gasteiger partial charge in [-0.05, 0) is 37.6 Å². The van der Waals surface area contributed by atoms with Crippen LogP contribution in [-0.2, 0) is 0 Å². The Balaban J connectivity index is 1.95. The summed E-state index contributed by atoms with van der Waals surface area (Å²) in [6.45, 7) is 1.68. The number of amides is 1. The lowest BCUT2D eigenvalue weighted by atomic mass is 10.1. The van der Waals surface area contributed by atoms with Gasteiger partial charge in [-0.25, -0.2) is 4.39 Å². The van der Waals surface area contributed by atoms with Crippen LogP contribution in [0.4, 0.5) is 4.39 Å². The average Bonchev–Trinajstić information content (AvgIpc) is 2.47. The van der Waals surface area contributed by atoms with Crippen molar-refractivity contribution in [2.24, 2.45) is 0 Å². The zero-order valence-electron chi connectivity index (χ0n) is 11.4. The summed E-state index contributed by atoms with van der Waals surface area (Å²) in [6.07, 6.45) is 1.92. The van der Waals surface area contributed by atoms with Crippen molar-refractivity contribution in [1.29, 1.82) is 0 Å². The highest BCUT2D eigenvalue weighted by atomic mass is 19.1. The molecule has 1 fully saturated rings. The molecule has 5 nitrogen and oxygen atoms in total. The molecule has 0 saturated carbocycles. The van der Waals surface area contributed by atoms with Crippen LogP contribution < -0.4 is 16.2 Å². The molecule has 1 atom stereocenters. The molecule has 1 aromatic carbocycles. The largest absolute Gasteiger partial charge is 0.348 e. The van der Waals surface area contributed by atoms with Gasteiger partial charge in [0.2, 0.25) is 5.56 Å². The highest BCUT2D eigenvalue weighted by Crippen LogP contribution is 2.16. The number of hydrogen-bond donors (Lipinski definition) is 3. The standard InChI is InChI=1S/C15H16FN3O2/c16-9-3-4-11-12(7-14(20)19-13(11)6-9)15(21)18-10-2-1-5-17-8-10/h3-4,6-7,10,17H,1-2,5,8H2,(H,18,21)(H,19,20). The molecule has 1 unspecified atom stereocenters. The summed E-state index contributed by atoms with van der Waals surface area (Å²) in [5.41, 5.74) is 0.189. The van der Waals surface area contributed by atoms with Crippen LogP contribution in [0.25, 0.3) is 10.9 Å². The van der Waals surface area contributed by atoms with E-state index in [0.717, 1.165) is 25.9 Å². The lowest BCUT2D eigenvalue weighted by Gasteiger charge is -2.24. The first-order valence-electron chi connectivity index (χ1n) is 6.97. The van der Waals surface area contributed by atoms with Gasteiger partial charge < -0.3 is 15.6 Å². The minimum absolute atomic E-state index is 0.0565. The smallest absolute Gasteiger partial charge is 0.252 e. The molecule has 0 aliphatic carbocycles. The van der Waals surface area contributed by atoms with Gasteiger partial charge in [0, 0.05) is 24.0 Å². The molecule has 3 rings (SSSR count). The van der Waals surface area contributed by atoms with Crippen molar-refractivity contribution in [3.05, 3.63) is 46.0 Å². The lowest BCUT2D eigenvalue weighted by molar-refractivity contribution is 0.0932. The second-order valence-corrected chi connectivity index (χ2v) is 5.25. The van der Waals surface area contributed by atoms with Crippen molar-refractivity contribution in [3.8, 4) is 0 Å². The molecule has 1 aliphatic heterocycles. The molecule has 2 heterocycles. The minimum Gasteiger partial charge on any atom is -0.348 e. The van der Waals surface area contributed by atoms with Gasteiger partial charge >= 0.3 is 0 Å². The molecule has 1 aliphatic rings. The number of piperidine rings is 1. The molecule has 21 heavy (non-hydrogen) atoms. The second-order valence-electron chi connectivity index (χ2n) is 5.25. The number of nitrogens with one attached hydrogen (secondary N) is 3. The molecule has 2 aromatic rings. The number of H-pyrrole nitrogens is 1. The molecule has 0 spiro atoms. The van der Waals surface area contributed by atoms with E-state index in [4.69, 9.17) is 0 Å². The van der Waals surface area contributed by atoms with Crippen molar-refractivity contribution in [2.75, 3.05) is 13.1 Å². The summed E-state index contributed by atoms with van der Waals surface area (Å²) >= 11 is 0. The molecular weight excluding hydrogens is 273 g/mol. The van der Waals surface area contributed by atoms with Gasteiger partial charge in [-0.1, -0.05) is 0 Å². The predicted octanol–water partition coefficient (Wildman–Crippen LogP) is 1.15. The first-order valence-corrected chi connectivity index (χ1v) is 6.97. The Hall–Kier alpha value is -2.21. The van der Waals surface area contributed by atoms with Crippen LogP contribution >= 0.6 is 0 Å². The monoisotopic (exact) mass is 289 g/mol. The van der Waals surface area contributed by atoms with Crippen molar-refractivity contribution < 1.29 is 9.18 Å². The number of aromatic amines is 1. The second kappa shape index (κ2) is 5.65. The summed E-state index contributed by atoms with van der Waals surface area (Å²) in [7, 11) is 0. The number of benzene rings is 1. The Kier molecular flexibility index (Phi) is 3.70. The van der Waals surface area contributed by atoms with Crippen LogP contribution in [0.15, 0.2) is 29.1 Å². The normalized spacial score (nSPS) is 18.6. The van der Waals surface area contributed by atoms with Crippen molar-refractivity contribution in [3.63, 3.8) is 0 Å². The molecule has 0 bridgehead atoms. The number of aromatic nitrogens is 1. The van der Waals surface area contributed by atoms with Gasteiger partial charge in [-0.15, -0.1) is 0 Å². The van der Waals surface area contributed by atoms with Gasteiger partial charge in [0.1, 0.15) is 5.82 Å². The summed E-state index contributed by atoms with van der Waals surface area (Å²) in [5, 5.41) is 6.68. The van der Waals surface area contributed by atoms with Crippen molar-refractivity contribution in [1.82, 2.24) is 15.6 Å². The Bertz CT molecular complexity index is 735. The first kappa shape index (κ1) is 13.8.